The van der Waals surface area contributed by atoms with E-state index in [1.54, 1.807) is 62.4 Å². The highest BCUT2D eigenvalue weighted by Crippen LogP contribution is 2.35. The van der Waals surface area contributed by atoms with Crippen LogP contribution in [0.4, 0.5) is 5.69 Å². The Morgan fingerprint density at radius 1 is 1.28 bits per heavy atom. The first-order valence-corrected chi connectivity index (χ1v) is 13.7. The Balaban J connectivity index is 1.62. The number of rotatable bonds is 6. The molecule has 4 aromatic rings. The lowest BCUT2D eigenvalue weighted by atomic mass is 9.96. The Morgan fingerprint density at radius 2 is 2.05 bits per heavy atom. The third-order valence-corrected chi connectivity index (χ3v) is 8.03. The fourth-order valence-corrected chi connectivity index (χ4v) is 6.13. The molecule has 0 saturated heterocycles. The summed E-state index contributed by atoms with van der Waals surface area (Å²) in [5.74, 6) is 0.295. The summed E-state index contributed by atoms with van der Waals surface area (Å²) < 4.78 is 13.5. The molecular formula is C27H19BrClN3O6S. The first kappa shape index (κ1) is 26.8. The molecule has 198 valence electrons. The highest BCUT2D eigenvalue weighted by molar-refractivity contribution is 9.10. The van der Waals surface area contributed by atoms with Gasteiger partial charge in [-0.25, -0.2) is 9.79 Å². The van der Waals surface area contributed by atoms with E-state index in [1.165, 1.54) is 16.7 Å². The summed E-state index contributed by atoms with van der Waals surface area (Å²) in [6.45, 7) is 3.58. The molecule has 0 amide bonds. The molecule has 0 bridgehead atoms. The summed E-state index contributed by atoms with van der Waals surface area (Å²) in [7, 11) is 0. The molecule has 12 heteroatoms. The Hall–Kier alpha value is -3.80. The number of allylic oxidation sites excluding steroid dienone is 1. The highest BCUT2D eigenvalue weighted by atomic mass is 79.9. The Labute approximate surface area is 238 Å². The van der Waals surface area contributed by atoms with Crippen molar-refractivity contribution in [3.8, 4) is 11.3 Å². The average Bonchev–Trinajstić information content (AvgIpc) is 3.48. The number of ether oxygens (including phenoxy) is 1. The fourth-order valence-electron chi connectivity index (χ4n) is 4.30. The van der Waals surface area contributed by atoms with Crippen molar-refractivity contribution in [3.63, 3.8) is 0 Å². The predicted molar refractivity (Wildman–Crippen MR) is 150 cm³/mol. The predicted octanol–water partition coefficient (Wildman–Crippen LogP) is 5.38. The van der Waals surface area contributed by atoms with Crippen LogP contribution < -0.4 is 14.9 Å². The van der Waals surface area contributed by atoms with Gasteiger partial charge in [0.05, 0.1) is 27.3 Å². The van der Waals surface area contributed by atoms with Gasteiger partial charge in [0, 0.05) is 33.3 Å². The topological polar surface area (TPSA) is 117 Å². The van der Waals surface area contributed by atoms with E-state index in [9.17, 15) is 19.7 Å². The largest absolute Gasteiger partial charge is 0.463 e. The first-order chi connectivity index (χ1) is 18.7. The van der Waals surface area contributed by atoms with E-state index in [2.05, 4.69) is 20.9 Å². The maximum absolute atomic E-state index is 13.7. The minimum Gasteiger partial charge on any atom is -0.463 e. The molecule has 1 aliphatic rings. The molecular weight excluding hydrogens is 610 g/mol. The third-order valence-electron chi connectivity index (χ3n) is 6.05. The number of nitrogens with zero attached hydrogens (tertiary/aromatic N) is 3. The van der Waals surface area contributed by atoms with Crippen LogP contribution in [0.3, 0.4) is 0 Å². The summed E-state index contributed by atoms with van der Waals surface area (Å²) in [6.07, 6.45) is 1.60. The maximum atomic E-state index is 13.7. The van der Waals surface area contributed by atoms with Crippen LogP contribution in [0, 0.1) is 10.1 Å². The van der Waals surface area contributed by atoms with Crippen LogP contribution in [0.15, 0.2) is 84.5 Å². The second kappa shape index (κ2) is 10.8. The lowest BCUT2D eigenvalue weighted by molar-refractivity contribution is -0.384. The molecule has 0 radical (unpaired) electrons. The molecule has 1 atom stereocenters. The van der Waals surface area contributed by atoms with Crippen LogP contribution in [0.25, 0.3) is 17.4 Å². The van der Waals surface area contributed by atoms with Crippen molar-refractivity contribution in [3.05, 3.63) is 116 Å². The molecule has 9 nitrogen and oxygen atoms in total. The number of benzene rings is 2. The van der Waals surface area contributed by atoms with Crippen molar-refractivity contribution in [1.82, 2.24) is 4.57 Å². The van der Waals surface area contributed by atoms with Crippen LogP contribution in [0.1, 0.15) is 31.2 Å². The van der Waals surface area contributed by atoms with Gasteiger partial charge in [-0.05, 0) is 59.6 Å². The van der Waals surface area contributed by atoms with Crippen LogP contribution >= 0.6 is 38.9 Å². The minimum absolute atomic E-state index is 0.0518. The van der Waals surface area contributed by atoms with E-state index in [0.29, 0.717) is 47.2 Å². The monoisotopic (exact) mass is 627 g/mol. The quantitative estimate of drug-likeness (QED) is 0.161. The Kier molecular flexibility index (Phi) is 7.39. The van der Waals surface area contributed by atoms with Gasteiger partial charge in [0.1, 0.15) is 17.6 Å². The molecule has 5 rings (SSSR count). The van der Waals surface area contributed by atoms with Gasteiger partial charge < -0.3 is 9.15 Å². The van der Waals surface area contributed by atoms with Gasteiger partial charge in [-0.3, -0.25) is 19.5 Å². The molecule has 0 fully saturated rings. The number of non-ortho nitro benzene ring substituents is 1. The molecule has 1 aliphatic heterocycles. The van der Waals surface area contributed by atoms with Gasteiger partial charge in [-0.1, -0.05) is 41.1 Å². The van der Waals surface area contributed by atoms with Gasteiger partial charge in [0.15, 0.2) is 4.80 Å². The molecule has 3 heterocycles. The molecule has 0 unspecified atom stereocenters. The standard InChI is InChI=1S/C27H19BrClN3O6S/c1-3-37-26(34)23-14(2)30-27-31(24(23)18-6-4-5-7-20(18)29)25(33)22(39-27)13-16-9-11-21(38-16)17-10-8-15(32(35)36)12-19(17)28/h4-13,24H,3H2,1-2H3/b22-13-/t24-/m0/s1. The van der Waals surface area contributed by atoms with Crippen LogP contribution in [0.5, 0.6) is 0 Å². The number of halogens is 2. The number of esters is 1. The first-order valence-electron chi connectivity index (χ1n) is 11.7. The van der Waals surface area contributed by atoms with Gasteiger partial charge in [0.2, 0.25) is 0 Å². The van der Waals surface area contributed by atoms with Crippen molar-refractivity contribution in [2.24, 2.45) is 4.99 Å². The SMILES string of the molecule is CCOC(=O)C1=C(C)N=c2s/c(=C\c3ccc(-c4ccc([N+](=O)[O-])cc4Br)o3)c(=O)n2[C@H]1c1ccccc1Cl. The normalized spacial score (nSPS) is 15.2. The molecule has 0 spiro atoms. The fraction of sp³-hybridized carbons (Fsp3) is 0.148. The number of nitro groups is 1. The smallest absolute Gasteiger partial charge is 0.338 e. The number of carbonyl (C=O) groups excluding carboxylic acids is 1. The zero-order valence-corrected chi connectivity index (χ0v) is 23.7. The van der Waals surface area contributed by atoms with Crippen LogP contribution in [-0.4, -0.2) is 22.1 Å². The zero-order chi connectivity index (χ0) is 27.8. The zero-order valence-electron chi connectivity index (χ0n) is 20.5. The number of fused-ring (bicyclic) bond motifs is 1. The third kappa shape index (κ3) is 5.00. The van der Waals surface area contributed by atoms with Gasteiger partial charge in [-0.2, -0.15) is 0 Å². The number of nitro benzene ring substituents is 1. The lowest BCUT2D eigenvalue weighted by Crippen LogP contribution is -2.40. The Bertz CT molecular complexity index is 1860. The van der Waals surface area contributed by atoms with Crippen molar-refractivity contribution >= 4 is 56.6 Å². The average molecular weight is 629 g/mol. The number of carbonyl (C=O) groups is 1. The van der Waals surface area contributed by atoms with Crippen LogP contribution in [-0.2, 0) is 9.53 Å². The van der Waals surface area contributed by atoms with E-state index >= 15 is 0 Å². The molecule has 0 aliphatic carbocycles. The number of aromatic nitrogens is 1. The molecule has 0 saturated carbocycles. The van der Waals surface area contributed by atoms with E-state index in [-0.39, 0.29) is 23.4 Å². The number of thiazole rings is 1. The van der Waals surface area contributed by atoms with Crippen molar-refractivity contribution in [2.45, 2.75) is 19.9 Å². The van der Waals surface area contributed by atoms with Crippen molar-refractivity contribution in [2.75, 3.05) is 6.61 Å². The number of furan rings is 1. The molecule has 2 aromatic carbocycles. The van der Waals surface area contributed by atoms with Gasteiger partial charge in [0.25, 0.3) is 11.2 Å². The maximum Gasteiger partial charge on any atom is 0.338 e. The van der Waals surface area contributed by atoms with E-state index < -0.39 is 16.9 Å². The Morgan fingerprint density at radius 3 is 2.74 bits per heavy atom. The van der Waals surface area contributed by atoms with Gasteiger partial charge in [-0.15, -0.1) is 0 Å². The van der Waals surface area contributed by atoms with E-state index in [4.69, 9.17) is 20.8 Å². The number of hydrogen-bond acceptors (Lipinski definition) is 8. The second-order valence-electron chi connectivity index (χ2n) is 8.45. The van der Waals surface area contributed by atoms with Crippen molar-refractivity contribution < 1.29 is 18.9 Å². The molecule has 39 heavy (non-hydrogen) atoms. The number of hydrogen-bond donors (Lipinski definition) is 0. The summed E-state index contributed by atoms with van der Waals surface area (Å²) >= 11 is 11.0. The summed E-state index contributed by atoms with van der Waals surface area (Å²) in [5, 5.41) is 11.4. The lowest BCUT2D eigenvalue weighted by Gasteiger charge is -2.25. The molecule has 2 aromatic heterocycles. The van der Waals surface area contributed by atoms with Crippen molar-refractivity contribution in [1.29, 1.82) is 0 Å². The highest BCUT2D eigenvalue weighted by Gasteiger charge is 2.34. The minimum atomic E-state index is -0.820. The van der Waals surface area contributed by atoms with E-state index in [1.807, 2.05) is 0 Å². The second-order valence-corrected chi connectivity index (χ2v) is 10.7. The summed E-state index contributed by atoms with van der Waals surface area (Å²) in [4.78, 5) is 42.2. The van der Waals surface area contributed by atoms with Crippen LogP contribution in [0.2, 0.25) is 5.02 Å². The van der Waals surface area contributed by atoms with Gasteiger partial charge >= 0.3 is 5.97 Å². The molecule has 0 N–H and O–H groups in total. The van der Waals surface area contributed by atoms with E-state index in [0.717, 1.165) is 11.3 Å². The summed E-state index contributed by atoms with van der Waals surface area (Å²) in [6, 6.07) is 14.0. The summed E-state index contributed by atoms with van der Waals surface area (Å²) in [5.41, 5.74) is 1.46.